The van der Waals surface area contributed by atoms with Gasteiger partial charge in [-0.3, -0.25) is 0 Å². The highest BCUT2D eigenvalue weighted by Gasteiger charge is 2.10. The molecule has 1 atom stereocenters. The lowest BCUT2D eigenvalue weighted by Gasteiger charge is -2.11. The first-order valence-electron chi connectivity index (χ1n) is 3.81. The molecule has 0 aliphatic carbocycles. The van der Waals surface area contributed by atoms with Crippen molar-refractivity contribution in [3.63, 3.8) is 0 Å². The van der Waals surface area contributed by atoms with E-state index >= 15 is 0 Å². The monoisotopic (exact) mass is 220 g/mol. The fourth-order valence-electron chi connectivity index (χ4n) is 1.04. The molecule has 5 heteroatoms. The third-order valence-corrected chi connectivity index (χ3v) is 2.15. The van der Waals surface area contributed by atoms with Crippen LogP contribution in [0.15, 0.2) is 12.1 Å². The van der Waals surface area contributed by atoms with E-state index in [1.54, 1.807) is 12.1 Å². The second-order valence-electron chi connectivity index (χ2n) is 2.66. The van der Waals surface area contributed by atoms with E-state index in [1.807, 2.05) is 0 Å². The van der Waals surface area contributed by atoms with E-state index in [-0.39, 0.29) is 12.5 Å². The van der Waals surface area contributed by atoms with Gasteiger partial charge in [-0.25, -0.2) is 4.98 Å². The highest BCUT2D eigenvalue weighted by Crippen LogP contribution is 2.20. The molecule has 0 aliphatic rings. The Morgan fingerprint density at radius 1 is 1.38 bits per heavy atom. The second-order valence-corrected chi connectivity index (χ2v) is 3.44. The molecule has 0 aliphatic heterocycles. The van der Waals surface area contributed by atoms with Gasteiger partial charge in [0, 0.05) is 12.5 Å². The molecule has 3 nitrogen and oxygen atoms in total. The number of rotatable bonds is 3. The maximum Gasteiger partial charge on any atom is 0.131 e. The molecular formula is C8H10Cl2N2O. The van der Waals surface area contributed by atoms with Crippen molar-refractivity contribution < 1.29 is 5.11 Å². The van der Waals surface area contributed by atoms with Crippen LogP contribution in [0.4, 0.5) is 0 Å². The van der Waals surface area contributed by atoms with E-state index in [0.29, 0.717) is 16.9 Å². The topological polar surface area (TPSA) is 59.1 Å². The van der Waals surface area contributed by atoms with Gasteiger partial charge < -0.3 is 10.8 Å². The number of aromatic nitrogens is 1. The molecule has 1 unspecified atom stereocenters. The van der Waals surface area contributed by atoms with Crippen LogP contribution in [-0.2, 0) is 0 Å². The predicted octanol–water partition coefficient (Wildman–Crippen LogP) is 1.42. The van der Waals surface area contributed by atoms with Crippen LogP contribution in [0.1, 0.15) is 11.5 Å². The number of aliphatic hydroxyl groups is 1. The van der Waals surface area contributed by atoms with Crippen molar-refractivity contribution in [3.05, 3.63) is 28.0 Å². The summed E-state index contributed by atoms with van der Waals surface area (Å²) in [5.74, 6) is -0.127. The molecule has 0 fully saturated rings. The number of pyridine rings is 1. The highest BCUT2D eigenvalue weighted by atomic mass is 35.5. The summed E-state index contributed by atoms with van der Waals surface area (Å²) in [7, 11) is 0. The van der Waals surface area contributed by atoms with Crippen molar-refractivity contribution in [2.45, 2.75) is 5.92 Å². The smallest absolute Gasteiger partial charge is 0.131 e. The average Bonchev–Trinajstić information content (AvgIpc) is 2.04. The largest absolute Gasteiger partial charge is 0.396 e. The molecule has 72 valence electrons. The summed E-state index contributed by atoms with van der Waals surface area (Å²) in [5, 5.41) is 9.60. The van der Waals surface area contributed by atoms with Crippen LogP contribution in [0.25, 0.3) is 0 Å². The fraction of sp³-hybridized carbons (Fsp3) is 0.375. The van der Waals surface area contributed by atoms with Crippen LogP contribution in [0.5, 0.6) is 0 Å². The Hall–Kier alpha value is -0.350. The molecule has 0 aromatic carbocycles. The van der Waals surface area contributed by atoms with Gasteiger partial charge >= 0.3 is 0 Å². The van der Waals surface area contributed by atoms with Crippen molar-refractivity contribution in [1.29, 1.82) is 0 Å². The van der Waals surface area contributed by atoms with Crippen LogP contribution in [-0.4, -0.2) is 23.2 Å². The van der Waals surface area contributed by atoms with Crippen LogP contribution in [0, 0.1) is 0 Å². The lowest BCUT2D eigenvalue weighted by atomic mass is 10.0. The number of hydrogen-bond acceptors (Lipinski definition) is 3. The molecule has 0 saturated carbocycles. The number of nitrogens with two attached hydrogens (primary N) is 1. The molecular weight excluding hydrogens is 211 g/mol. The predicted molar refractivity (Wildman–Crippen MR) is 53.1 cm³/mol. The van der Waals surface area contributed by atoms with Crippen LogP contribution in [0.2, 0.25) is 10.3 Å². The SMILES string of the molecule is NCC(CO)c1cc(Cl)nc(Cl)c1. The van der Waals surface area contributed by atoms with Crippen molar-refractivity contribution in [3.8, 4) is 0 Å². The zero-order valence-electron chi connectivity index (χ0n) is 6.87. The van der Waals surface area contributed by atoms with Crippen molar-refractivity contribution in [2.75, 3.05) is 13.2 Å². The summed E-state index contributed by atoms with van der Waals surface area (Å²) in [6.45, 7) is 0.334. The Bertz CT molecular complexity index is 269. The minimum absolute atomic E-state index is 0.0207. The third-order valence-electron chi connectivity index (χ3n) is 1.76. The van der Waals surface area contributed by atoms with E-state index in [0.717, 1.165) is 5.56 Å². The highest BCUT2D eigenvalue weighted by molar-refractivity contribution is 6.32. The second kappa shape index (κ2) is 4.77. The number of aliphatic hydroxyl groups excluding tert-OH is 1. The average molecular weight is 221 g/mol. The lowest BCUT2D eigenvalue weighted by Crippen LogP contribution is -2.16. The number of hydrogen-bond donors (Lipinski definition) is 2. The van der Waals surface area contributed by atoms with Gasteiger partial charge in [0.15, 0.2) is 0 Å². The Morgan fingerprint density at radius 2 is 1.92 bits per heavy atom. The summed E-state index contributed by atoms with van der Waals surface area (Å²) in [6, 6.07) is 3.31. The quantitative estimate of drug-likeness (QED) is 0.759. The number of nitrogens with zero attached hydrogens (tertiary/aromatic N) is 1. The van der Waals surface area contributed by atoms with E-state index < -0.39 is 0 Å². The van der Waals surface area contributed by atoms with Gasteiger partial charge in [-0.1, -0.05) is 23.2 Å². The summed E-state index contributed by atoms with van der Waals surface area (Å²) >= 11 is 11.4. The lowest BCUT2D eigenvalue weighted by molar-refractivity contribution is 0.268. The summed E-state index contributed by atoms with van der Waals surface area (Å²) in [5.41, 5.74) is 6.26. The van der Waals surface area contributed by atoms with Crippen molar-refractivity contribution in [1.82, 2.24) is 4.98 Å². The van der Waals surface area contributed by atoms with Gasteiger partial charge in [0.1, 0.15) is 10.3 Å². The Balaban J connectivity index is 2.99. The van der Waals surface area contributed by atoms with E-state index in [4.69, 9.17) is 34.0 Å². The molecule has 0 spiro atoms. The molecule has 1 heterocycles. The maximum absolute atomic E-state index is 8.97. The van der Waals surface area contributed by atoms with Gasteiger partial charge in [0.2, 0.25) is 0 Å². The fourth-order valence-corrected chi connectivity index (χ4v) is 1.51. The zero-order chi connectivity index (χ0) is 9.84. The van der Waals surface area contributed by atoms with Gasteiger partial charge in [-0.05, 0) is 17.7 Å². The van der Waals surface area contributed by atoms with Gasteiger partial charge in [0.05, 0.1) is 6.61 Å². The molecule has 0 radical (unpaired) electrons. The molecule has 0 saturated heterocycles. The Morgan fingerprint density at radius 3 is 2.31 bits per heavy atom. The first-order chi connectivity index (χ1) is 6.17. The summed E-state index contributed by atoms with van der Waals surface area (Å²) < 4.78 is 0. The van der Waals surface area contributed by atoms with Crippen LogP contribution < -0.4 is 5.73 Å². The normalized spacial score (nSPS) is 12.9. The molecule has 3 N–H and O–H groups in total. The van der Waals surface area contributed by atoms with Gasteiger partial charge in [-0.15, -0.1) is 0 Å². The Kier molecular flexibility index (Phi) is 3.93. The van der Waals surface area contributed by atoms with E-state index in [1.165, 1.54) is 0 Å². The molecule has 1 rings (SSSR count). The minimum atomic E-state index is -0.127. The number of halogens is 2. The van der Waals surface area contributed by atoms with E-state index in [9.17, 15) is 0 Å². The Labute approximate surface area is 86.5 Å². The summed E-state index contributed by atoms with van der Waals surface area (Å²) in [4.78, 5) is 3.79. The molecule has 0 bridgehead atoms. The third kappa shape index (κ3) is 2.81. The van der Waals surface area contributed by atoms with Crippen LogP contribution in [0.3, 0.4) is 0 Å². The molecule has 0 amide bonds. The minimum Gasteiger partial charge on any atom is -0.396 e. The van der Waals surface area contributed by atoms with Gasteiger partial charge in [-0.2, -0.15) is 0 Å². The zero-order valence-corrected chi connectivity index (χ0v) is 8.39. The van der Waals surface area contributed by atoms with Crippen molar-refractivity contribution in [2.24, 2.45) is 5.73 Å². The molecule has 1 aromatic heterocycles. The van der Waals surface area contributed by atoms with Crippen LogP contribution >= 0.6 is 23.2 Å². The first kappa shape index (κ1) is 10.7. The molecule has 13 heavy (non-hydrogen) atoms. The first-order valence-corrected chi connectivity index (χ1v) is 4.57. The summed E-state index contributed by atoms with van der Waals surface area (Å²) in [6.07, 6.45) is 0. The molecule has 1 aromatic rings. The standard InChI is InChI=1S/C8H10Cl2N2O/c9-7-1-5(2-8(10)12-7)6(3-11)4-13/h1-2,6,13H,3-4,11H2. The van der Waals surface area contributed by atoms with Gasteiger partial charge in [0.25, 0.3) is 0 Å². The maximum atomic E-state index is 8.97. The van der Waals surface area contributed by atoms with Crippen molar-refractivity contribution >= 4 is 23.2 Å². The van der Waals surface area contributed by atoms with E-state index in [2.05, 4.69) is 4.98 Å².